The highest BCUT2D eigenvalue weighted by Crippen LogP contribution is 2.49. The molecule has 0 bridgehead atoms. The molecule has 3 aromatic carbocycles. The fraction of sp³-hybridized carbons (Fsp3) is 0.250. The van der Waals surface area contributed by atoms with Crippen LogP contribution in [0.25, 0.3) is 31.4 Å². The number of pyridine rings is 1. The maximum absolute atomic E-state index is 13.8. The molecule has 5 nitrogen and oxygen atoms in total. The molecule has 7 rings (SSSR count). The fourth-order valence-corrected chi connectivity index (χ4v) is 7.53. The lowest BCUT2D eigenvalue weighted by molar-refractivity contribution is 0.0929. The Kier molecular flexibility index (Phi) is 6.03. The molecule has 196 valence electrons. The van der Waals surface area contributed by atoms with E-state index in [1.165, 1.54) is 15.0 Å². The van der Waals surface area contributed by atoms with E-state index in [0.29, 0.717) is 11.6 Å². The van der Waals surface area contributed by atoms with Crippen LogP contribution in [-0.4, -0.2) is 39.4 Å². The molecule has 1 aliphatic heterocycles. The first-order valence-corrected chi connectivity index (χ1v) is 15.7. The number of rotatable bonds is 7. The van der Waals surface area contributed by atoms with Gasteiger partial charge in [-0.05, 0) is 97.3 Å². The van der Waals surface area contributed by atoms with Crippen molar-refractivity contribution in [2.75, 3.05) is 6.54 Å². The van der Waals surface area contributed by atoms with Crippen molar-refractivity contribution in [3.8, 4) is 16.2 Å². The van der Waals surface area contributed by atoms with Crippen molar-refractivity contribution >= 4 is 48.5 Å². The molecule has 39 heavy (non-hydrogen) atoms. The molecule has 0 radical (unpaired) electrons. The Morgan fingerprint density at radius 3 is 2.74 bits per heavy atom. The zero-order valence-corrected chi connectivity index (χ0v) is 25.0. The highest BCUT2D eigenvalue weighted by atomic mass is 32.1. The van der Waals surface area contributed by atoms with E-state index in [1.54, 1.807) is 11.3 Å². The number of thiophene rings is 1. The van der Waals surface area contributed by atoms with Gasteiger partial charge in [-0.3, -0.25) is 9.78 Å². The molecule has 2 aromatic heterocycles. The van der Waals surface area contributed by atoms with Gasteiger partial charge in [0.05, 0.1) is 27.0 Å². The van der Waals surface area contributed by atoms with Crippen LogP contribution < -0.4 is 15.4 Å². The maximum atomic E-state index is 13.8. The van der Waals surface area contributed by atoms with Gasteiger partial charge in [-0.1, -0.05) is 30.3 Å². The zero-order chi connectivity index (χ0) is 26.6. The lowest BCUT2D eigenvalue weighted by Gasteiger charge is -2.33. The Labute approximate surface area is 235 Å². The van der Waals surface area contributed by atoms with Gasteiger partial charge < -0.3 is 15.4 Å². The summed E-state index contributed by atoms with van der Waals surface area (Å²) in [5.74, 6) is 0.720. The van der Waals surface area contributed by atoms with Crippen molar-refractivity contribution in [2.24, 2.45) is 0 Å². The van der Waals surface area contributed by atoms with Crippen LogP contribution in [0.3, 0.4) is 0 Å². The van der Waals surface area contributed by atoms with E-state index in [4.69, 9.17) is 9.72 Å². The number of aromatic nitrogens is 1. The van der Waals surface area contributed by atoms with Crippen LogP contribution in [-0.2, 0) is 5.54 Å². The average Bonchev–Trinajstić information content (AvgIpc) is 3.55. The van der Waals surface area contributed by atoms with Gasteiger partial charge >= 0.3 is 0 Å². The Balaban J connectivity index is 1.22. The summed E-state index contributed by atoms with van der Waals surface area (Å²) in [6.45, 7) is 3.05. The summed E-state index contributed by atoms with van der Waals surface area (Å²) in [4.78, 5) is 19.7. The molecule has 0 spiro atoms. The Bertz CT molecular complexity index is 1690. The number of carbonyl (C=O) groups is 1. The molecule has 3 heterocycles. The molecule has 1 amide bonds. The fourth-order valence-electron chi connectivity index (χ4n) is 5.64. The summed E-state index contributed by atoms with van der Waals surface area (Å²) in [5.41, 5.74) is 4.68. The predicted octanol–water partition coefficient (Wildman–Crippen LogP) is 5.28. The topological polar surface area (TPSA) is 63.2 Å². The Morgan fingerprint density at radius 2 is 1.97 bits per heavy atom. The third-order valence-electron chi connectivity index (χ3n) is 8.25. The monoisotopic (exact) mass is 549 g/mol. The number of nitrogens with one attached hydrogen (secondary N) is 2. The van der Waals surface area contributed by atoms with Gasteiger partial charge in [0.2, 0.25) is 0 Å². The third kappa shape index (κ3) is 4.54. The molecule has 2 fully saturated rings. The molecule has 1 saturated carbocycles. The molecule has 1 aliphatic carbocycles. The molecule has 2 N–H and O–H groups in total. The third-order valence-corrected chi connectivity index (χ3v) is 10.5. The minimum atomic E-state index is -0.398. The van der Waals surface area contributed by atoms with Crippen LogP contribution in [0.1, 0.15) is 40.7 Å². The van der Waals surface area contributed by atoms with E-state index >= 15 is 0 Å². The van der Waals surface area contributed by atoms with E-state index in [9.17, 15) is 4.79 Å². The highest BCUT2D eigenvalue weighted by Gasteiger charge is 2.47. The SMILES string of the molecule is Cc1ccc(OC([SiH3])[C@@H]2CCN2)cc1C(=O)NC1(c2cc(-c3cc4ccccc4s3)cc3ncccc23)CC1. The predicted molar refractivity (Wildman–Crippen MR) is 163 cm³/mol. The normalized spacial score (nSPS) is 18.5. The van der Waals surface area contributed by atoms with Crippen LogP contribution >= 0.6 is 11.3 Å². The molecule has 2 aliphatic rings. The van der Waals surface area contributed by atoms with Gasteiger partial charge in [-0.25, -0.2) is 0 Å². The van der Waals surface area contributed by atoms with Crippen LogP contribution in [0, 0.1) is 6.92 Å². The second-order valence-corrected chi connectivity index (χ2v) is 13.1. The van der Waals surface area contributed by atoms with Gasteiger partial charge in [-0.15, -0.1) is 11.3 Å². The Hall–Kier alpha value is -3.52. The molecule has 7 heteroatoms. The van der Waals surface area contributed by atoms with Crippen molar-refractivity contribution in [3.05, 3.63) is 95.7 Å². The van der Waals surface area contributed by atoms with E-state index < -0.39 is 5.54 Å². The number of fused-ring (bicyclic) bond motifs is 2. The summed E-state index contributed by atoms with van der Waals surface area (Å²) >= 11 is 1.79. The van der Waals surface area contributed by atoms with Crippen LogP contribution in [0.15, 0.2) is 79.0 Å². The van der Waals surface area contributed by atoms with Crippen molar-refractivity contribution in [3.63, 3.8) is 0 Å². The van der Waals surface area contributed by atoms with Crippen LogP contribution in [0.4, 0.5) is 0 Å². The quantitative estimate of drug-likeness (QED) is 0.271. The van der Waals surface area contributed by atoms with E-state index in [0.717, 1.165) is 69.4 Å². The van der Waals surface area contributed by atoms with Gasteiger partial charge in [0.15, 0.2) is 0 Å². The second-order valence-electron chi connectivity index (χ2n) is 10.9. The number of benzene rings is 3. The molecular weight excluding hydrogens is 519 g/mol. The number of ether oxygens (including phenoxy) is 1. The van der Waals surface area contributed by atoms with E-state index in [2.05, 4.69) is 59.2 Å². The summed E-state index contributed by atoms with van der Waals surface area (Å²) < 4.78 is 7.52. The smallest absolute Gasteiger partial charge is 0.252 e. The molecular formula is C32H31N3O2SSi. The largest absolute Gasteiger partial charge is 0.494 e. The van der Waals surface area contributed by atoms with E-state index in [-0.39, 0.29) is 11.6 Å². The van der Waals surface area contributed by atoms with Gasteiger partial charge in [-0.2, -0.15) is 0 Å². The second kappa shape index (κ2) is 9.59. The van der Waals surface area contributed by atoms with Crippen LogP contribution in [0.2, 0.25) is 0 Å². The summed E-state index contributed by atoms with van der Waals surface area (Å²) in [7, 11) is 0.934. The lowest BCUT2D eigenvalue weighted by Crippen LogP contribution is -2.53. The van der Waals surface area contributed by atoms with Gasteiger partial charge in [0, 0.05) is 32.8 Å². The number of amides is 1. The lowest BCUT2D eigenvalue weighted by atomic mass is 9.95. The summed E-state index contributed by atoms with van der Waals surface area (Å²) in [5, 5.41) is 9.22. The van der Waals surface area contributed by atoms with Crippen molar-refractivity contribution in [2.45, 2.75) is 43.5 Å². The number of hydrogen-bond donors (Lipinski definition) is 2. The highest BCUT2D eigenvalue weighted by molar-refractivity contribution is 7.22. The number of hydrogen-bond acceptors (Lipinski definition) is 5. The van der Waals surface area contributed by atoms with Crippen molar-refractivity contribution in [1.29, 1.82) is 0 Å². The molecule has 5 aromatic rings. The average molecular weight is 550 g/mol. The minimum absolute atomic E-state index is 0.0496. The number of nitrogens with zero attached hydrogens (tertiary/aromatic N) is 1. The molecule has 2 atom stereocenters. The van der Waals surface area contributed by atoms with Gasteiger partial charge in [0.25, 0.3) is 5.91 Å². The first-order valence-electron chi connectivity index (χ1n) is 13.7. The molecule has 1 saturated heterocycles. The van der Waals surface area contributed by atoms with Crippen LogP contribution in [0.5, 0.6) is 5.75 Å². The standard InChI is InChI=1S/C32H31N3O2SSi/c1-19-8-9-22(37-31(39)26-10-14-34-26)18-24(19)30(36)35-32(11-12-32)25-15-21(16-27-23(25)6-4-13-33-27)29-17-20-5-2-3-7-28(20)38-29/h2-9,13,15-18,26,31,34H,10-12,14H2,1,39H3,(H,35,36)/t26-,31?/m0/s1. The first kappa shape index (κ1) is 24.5. The zero-order valence-electron chi connectivity index (χ0n) is 22.2. The number of aryl methyl sites for hydroxylation is 1. The first-order chi connectivity index (χ1) is 19.0. The van der Waals surface area contributed by atoms with Gasteiger partial charge in [0.1, 0.15) is 5.75 Å². The minimum Gasteiger partial charge on any atom is -0.494 e. The number of carbonyl (C=O) groups excluding carboxylic acids is 1. The van der Waals surface area contributed by atoms with Crippen molar-refractivity contribution in [1.82, 2.24) is 15.6 Å². The maximum Gasteiger partial charge on any atom is 0.252 e. The van der Waals surface area contributed by atoms with E-state index in [1.807, 2.05) is 37.4 Å². The van der Waals surface area contributed by atoms with Crippen molar-refractivity contribution < 1.29 is 9.53 Å². The molecule has 1 unspecified atom stereocenters. The Morgan fingerprint density at radius 1 is 1.13 bits per heavy atom. The summed E-state index contributed by atoms with van der Waals surface area (Å²) in [6, 6.07) is 25.6. The summed E-state index contributed by atoms with van der Waals surface area (Å²) in [6.07, 6.45) is 4.81.